The third kappa shape index (κ3) is 5.96. The number of aromatic nitrogens is 2. The summed E-state index contributed by atoms with van der Waals surface area (Å²) in [6.45, 7) is 1.39. The van der Waals surface area contributed by atoms with Gasteiger partial charge in [0, 0.05) is 62.1 Å². The van der Waals surface area contributed by atoms with E-state index in [1.165, 1.54) is 17.4 Å². The van der Waals surface area contributed by atoms with Gasteiger partial charge in [0.05, 0.1) is 25.1 Å². The van der Waals surface area contributed by atoms with Gasteiger partial charge in [-0.3, -0.25) is 0 Å². The molecule has 168 valence electrons. The van der Waals surface area contributed by atoms with Crippen molar-refractivity contribution >= 4 is 21.7 Å². The lowest BCUT2D eigenvalue weighted by Crippen LogP contribution is -2.35. The first kappa shape index (κ1) is 23.0. The van der Waals surface area contributed by atoms with Crippen LogP contribution in [0.2, 0.25) is 0 Å². The highest BCUT2D eigenvalue weighted by molar-refractivity contribution is 7.88. The molecular formula is C20H26FN5O4S. The molecule has 31 heavy (non-hydrogen) atoms. The van der Waals surface area contributed by atoms with Crippen LogP contribution in [0, 0.1) is 5.82 Å². The number of rotatable bonds is 8. The minimum atomic E-state index is -3.22. The van der Waals surface area contributed by atoms with Crippen LogP contribution in [0.25, 0.3) is 11.1 Å². The van der Waals surface area contributed by atoms with E-state index in [4.69, 9.17) is 4.84 Å². The molecule has 1 fully saturated rings. The van der Waals surface area contributed by atoms with E-state index in [1.54, 1.807) is 24.5 Å². The Kier molecular flexibility index (Phi) is 7.52. The molecule has 1 aliphatic rings. The van der Waals surface area contributed by atoms with Gasteiger partial charge >= 0.3 is 0 Å². The van der Waals surface area contributed by atoms with Gasteiger partial charge in [-0.25, -0.2) is 27.1 Å². The summed E-state index contributed by atoms with van der Waals surface area (Å²) < 4.78 is 38.3. The second kappa shape index (κ2) is 10.1. The first-order valence-corrected chi connectivity index (χ1v) is 11.7. The van der Waals surface area contributed by atoms with Crippen molar-refractivity contribution in [3.8, 4) is 11.1 Å². The van der Waals surface area contributed by atoms with Crippen molar-refractivity contribution in [3.63, 3.8) is 0 Å². The summed E-state index contributed by atoms with van der Waals surface area (Å²) in [6.07, 6.45) is 5.66. The molecule has 0 bridgehead atoms. The lowest BCUT2D eigenvalue weighted by molar-refractivity contribution is 0.134. The molecule has 1 aromatic carbocycles. The quantitative estimate of drug-likeness (QED) is 0.480. The molecule has 11 heteroatoms. The molecule has 0 amide bonds. The average molecular weight is 452 g/mol. The van der Waals surface area contributed by atoms with E-state index in [-0.39, 0.29) is 25.3 Å². The fourth-order valence-corrected chi connectivity index (χ4v) is 3.48. The van der Waals surface area contributed by atoms with E-state index in [2.05, 4.69) is 15.1 Å². The lowest BCUT2D eigenvalue weighted by Gasteiger charge is -2.27. The zero-order valence-electron chi connectivity index (χ0n) is 17.5. The second-order valence-electron chi connectivity index (χ2n) is 7.27. The van der Waals surface area contributed by atoms with E-state index in [9.17, 15) is 17.9 Å². The summed E-state index contributed by atoms with van der Waals surface area (Å²) in [5.74, 6) is 0.0834. The molecule has 1 aliphatic heterocycles. The number of anilines is 1. The molecule has 0 unspecified atom stereocenters. The predicted molar refractivity (Wildman–Crippen MR) is 116 cm³/mol. The molecular weight excluding hydrogens is 425 g/mol. The van der Waals surface area contributed by atoms with Crippen LogP contribution in [0.3, 0.4) is 0 Å². The lowest BCUT2D eigenvalue weighted by atomic mass is 10.1. The number of benzene rings is 1. The van der Waals surface area contributed by atoms with Gasteiger partial charge in [-0.15, -0.1) is 0 Å². The summed E-state index contributed by atoms with van der Waals surface area (Å²) in [4.78, 5) is 16.0. The van der Waals surface area contributed by atoms with Gasteiger partial charge in [-0.1, -0.05) is 23.4 Å². The number of aliphatic hydroxyl groups excluding tert-OH is 1. The van der Waals surface area contributed by atoms with Crippen molar-refractivity contribution < 1.29 is 22.8 Å². The summed E-state index contributed by atoms with van der Waals surface area (Å²) in [5.41, 5.74) is 2.03. The smallest absolute Gasteiger partial charge is 0.225 e. The van der Waals surface area contributed by atoms with Gasteiger partial charge < -0.3 is 14.8 Å². The van der Waals surface area contributed by atoms with E-state index < -0.39 is 15.8 Å². The molecule has 9 nitrogen and oxygen atoms in total. The number of sulfonamides is 1. The number of likely N-dealkylation sites (N-methyl/N-ethyl adjacent to an activating group) is 1. The highest BCUT2D eigenvalue weighted by Gasteiger charge is 2.19. The van der Waals surface area contributed by atoms with E-state index in [0.29, 0.717) is 43.0 Å². The molecule has 1 aromatic heterocycles. The van der Waals surface area contributed by atoms with Gasteiger partial charge in [-0.05, 0) is 0 Å². The van der Waals surface area contributed by atoms with Crippen molar-refractivity contribution in [2.75, 3.05) is 44.4 Å². The largest absolute Gasteiger partial charge is 0.394 e. The van der Waals surface area contributed by atoms with Gasteiger partial charge in [0.25, 0.3) is 0 Å². The Morgan fingerprint density at radius 1 is 1.26 bits per heavy atom. The van der Waals surface area contributed by atoms with Gasteiger partial charge in [0.15, 0.2) is 0 Å². The van der Waals surface area contributed by atoms with Crippen molar-refractivity contribution in [2.45, 2.75) is 19.4 Å². The Bertz CT molecular complexity index is 1020. The van der Waals surface area contributed by atoms with E-state index in [1.807, 2.05) is 4.90 Å². The van der Waals surface area contributed by atoms with Crippen LogP contribution < -0.4 is 4.90 Å². The minimum absolute atomic E-state index is 0.190. The molecule has 0 saturated carbocycles. The van der Waals surface area contributed by atoms with Gasteiger partial charge in [0.1, 0.15) is 12.4 Å². The molecule has 1 N–H and O–H groups in total. The number of piperidine rings is 1. The Balaban J connectivity index is 1.53. The van der Waals surface area contributed by atoms with E-state index in [0.717, 1.165) is 12.0 Å². The van der Waals surface area contributed by atoms with E-state index >= 15 is 0 Å². The molecule has 2 aromatic rings. The first-order chi connectivity index (χ1) is 14.8. The predicted octanol–water partition coefficient (Wildman–Crippen LogP) is 1.64. The maximum absolute atomic E-state index is 14.4. The third-order valence-electron chi connectivity index (χ3n) is 5.08. The number of hydrogen-bond acceptors (Lipinski definition) is 8. The number of hydrogen-bond donors (Lipinski definition) is 1. The van der Waals surface area contributed by atoms with Crippen LogP contribution in [0.4, 0.5) is 10.3 Å². The van der Waals surface area contributed by atoms with Gasteiger partial charge in [0.2, 0.25) is 16.0 Å². The Morgan fingerprint density at radius 3 is 2.55 bits per heavy atom. The van der Waals surface area contributed by atoms with Crippen LogP contribution in [-0.4, -0.2) is 73.1 Å². The standard InChI is InChI=1S/C20H26FN5O4S/c1-25(31(2,28)29)10-11-30-24-17-6-8-26(9-7-17)20-22-12-16(13-23-20)18-5-3-4-15(14-27)19(18)21/h3-5,12-13,27H,6-11,14H2,1-2H3. The monoisotopic (exact) mass is 451 g/mol. The summed E-state index contributed by atoms with van der Waals surface area (Å²) in [5, 5.41) is 13.3. The normalized spacial score (nSPS) is 14.7. The Hall–Kier alpha value is -2.63. The maximum Gasteiger partial charge on any atom is 0.225 e. The minimum Gasteiger partial charge on any atom is -0.394 e. The molecule has 3 rings (SSSR count). The fraction of sp³-hybridized carbons (Fsp3) is 0.450. The summed E-state index contributed by atoms with van der Waals surface area (Å²) in [7, 11) is -1.73. The number of halogens is 1. The number of oxime groups is 1. The molecule has 0 atom stereocenters. The van der Waals surface area contributed by atoms with Crippen LogP contribution in [0.5, 0.6) is 0 Å². The van der Waals surface area contributed by atoms with Crippen molar-refractivity contribution in [3.05, 3.63) is 42.0 Å². The molecule has 0 aliphatic carbocycles. The Labute approximate surface area is 181 Å². The first-order valence-electron chi connectivity index (χ1n) is 9.84. The number of aliphatic hydroxyl groups is 1. The molecule has 0 radical (unpaired) electrons. The fourth-order valence-electron chi connectivity index (χ4n) is 3.08. The maximum atomic E-state index is 14.4. The van der Waals surface area contributed by atoms with Crippen molar-refractivity contribution in [2.24, 2.45) is 5.16 Å². The molecule has 1 saturated heterocycles. The Morgan fingerprint density at radius 2 is 1.94 bits per heavy atom. The topological polar surface area (TPSA) is 108 Å². The highest BCUT2D eigenvalue weighted by atomic mass is 32.2. The zero-order valence-corrected chi connectivity index (χ0v) is 18.3. The second-order valence-corrected chi connectivity index (χ2v) is 9.36. The third-order valence-corrected chi connectivity index (χ3v) is 6.39. The highest BCUT2D eigenvalue weighted by Crippen LogP contribution is 2.25. The molecule has 2 heterocycles. The van der Waals surface area contributed by atoms with Crippen molar-refractivity contribution in [1.82, 2.24) is 14.3 Å². The SMILES string of the molecule is CN(CCON=C1CCN(c2ncc(-c3cccc(CO)c3F)cn2)CC1)S(C)(=O)=O. The number of nitrogens with zero attached hydrogens (tertiary/aromatic N) is 5. The van der Waals surface area contributed by atoms with Crippen LogP contribution in [-0.2, 0) is 21.5 Å². The van der Waals surface area contributed by atoms with Gasteiger partial charge in [-0.2, -0.15) is 0 Å². The van der Waals surface area contributed by atoms with Crippen molar-refractivity contribution in [1.29, 1.82) is 0 Å². The average Bonchev–Trinajstić information content (AvgIpc) is 2.77. The van der Waals surface area contributed by atoms with Crippen LogP contribution in [0.15, 0.2) is 35.7 Å². The van der Waals surface area contributed by atoms with Crippen LogP contribution >= 0.6 is 0 Å². The molecule has 0 spiro atoms. The zero-order chi connectivity index (χ0) is 22.4. The summed E-state index contributed by atoms with van der Waals surface area (Å²) in [6, 6.07) is 4.85. The summed E-state index contributed by atoms with van der Waals surface area (Å²) >= 11 is 0. The van der Waals surface area contributed by atoms with Crippen LogP contribution in [0.1, 0.15) is 18.4 Å².